The minimum Gasteiger partial charge on any atom is -0.378 e. The van der Waals surface area contributed by atoms with Crippen LogP contribution in [0.5, 0.6) is 0 Å². The minimum atomic E-state index is -0.890. The minimum absolute atomic E-state index is 0.145. The third-order valence-electron chi connectivity index (χ3n) is 2.83. The summed E-state index contributed by atoms with van der Waals surface area (Å²) in [6.07, 6.45) is 0. The van der Waals surface area contributed by atoms with E-state index in [4.69, 9.17) is 15.7 Å². The molecular formula is C11H10F2N2O. The Morgan fingerprint density at radius 1 is 1.44 bits per heavy atom. The van der Waals surface area contributed by atoms with Gasteiger partial charge >= 0.3 is 0 Å². The summed E-state index contributed by atoms with van der Waals surface area (Å²) < 4.78 is 31.1. The van der Waals surface area contributed by atoms with Crippen molar-refractivity contribution in [2.75, 3.05) is 13.2 Å². The topological polar surface area (TPSA) is 59.0 Å². The first-order chi connectivity index (χ1) is 7.59. The van der Waals surface area contributed by atoms with Crippen molar-refractivity contribution in [1.29, 1.82) is 5.26 Å². The van der Waals surface area contributed by atoms with Gasteiger partial charge < -0.3 is 10.5 Å². The number of nitrogens with zero attached hydrogens (tertiary/aromatic N) is 1. The van der Waals surface area contributed by atoms with Crippen LogP contribution >= 0.6 is 0 Å². The molecule has 1 aromatic carbocycles. The SMILES string of the molecule is N#CC1(C(N)c2ccc(F)cc2F)COC1. The molecule has 1 saturated heterocycles. The van der Waals surface area contributed by atoms with Gasteiger partial charge in [0.05, 0.1) is 25.3 Å². The van der Waals surface area contributed by atoms with Gasteiger partial charge in [-0.2, -0.15) is 5.26 Å². The van der Waals surface area contributed by atoms with Gasteiger partial charge in [-0.15, -0.1) is 0 Å². The summed E-state index contributed by atoms with van der Waals surface area (Å²) in [6.45, 7) is 0.364. The Morgan fingerprint density at radius 3 is 2.56 bits per heavy atom. The highest BCUT2D eigenvalue weighted by molar-refractivity contribution is 5.28. The molecule has 2 N–H and O–H groups in total. The molecule has 2 rings (SSSR count). The largest absolute Gasteiger partial charge is 0.378 e. The molecule has 1 atom stereocenters. The average Bonchev–Trinajstić information content (AvgIpc) is 2.16. The molecule has 1 fully saturated rings. The van der Waals surface area contributed by atoms with Crippen LogP contribution in [0.15, 0.2) is 18.2 Å². The van der Waals surface area contributed by atoms with E-state index in [1.54, 1.807) is 0 Å². The summed E-state index contributed by atoms with van der Waals surface area (Å²) in [5, 5.41) is 9.01. The van der Waals surface area contributed by atoms with Crippen LogP contribution in [0.4, 0.5) is 8.78 Å². The third kappa shape index (κ3) is 1.56. The lowest BCUT2D eigenvalue weighted by molar-refractivity contribution is -0.0915. The molecular weight excluding hydrogens is 214 g/mol. The predicted molar refractivity (Wildman–Crippen MR) is 52.2 cm³/mol. The molecule has 1 aliphatic rings. The quantitative estimate of drug-likeness (QED) is 0.828. The van der Waals surface area contributed by atoms with Crippen molar-refractivity contribution in [3.63, 3.8) is 0 Å². The fraction of sp³-hybridized carbons (Fsp3) is 0.364. The number of nitrogens with two attached hydrogens (primary N) is 1. The number of nitriles is 1. The summed E-state index contributed by atoms with van der Waals surface area (Å²) >= 11 is 0. The van der Waals surface area contributed by atoms with E-state index >= 15 is 0 Å². The molecule has 0 bridgehead atoms. The molecule has 16 heavy (non-hydrogen) atoms. The Labute approximate surface area is 91.4 Å². The molecule has 0 spiro atoms. The average molecular weight is 224 g/mol. The first kappa shape index (κ1) is 11.0. The second-order valence-corrected chi connectivity index (χ2v) is 3.90. The molecule has 0 aromatic heterocycles. The molecule has 1 unspecified atom stereocenters. The van der Waals surface area contributed by atoms with Gasteiger partial charge in [0, 0.05) is 11.6 Å². The van der Waals surface area contributed by atoms with E-state index in [1.807, 2.05) is 6.07 Å². The maximum atomic E-state index is 13.5. The van der Waals surface area contributed by atoms with Gasteiger partial charge in [-0.25, -0.2) is 8.78 Å². The molecule has 84 valence electrons. The smallest absolute Gasteiger partial charge is 0.130 e. The lowest BCUT2D eigenvalue weighted by Crippen LogP contribution is -2.49. The highest BCUT2D eigenvalue weighted by Gasteiger charge is 2.46. The molecule has 0 aliphatic carbocycles. The lowest BCUT2D eigenvalue weighted by atomic mass is 9.77. The van der Waals surface area contributed by atoms with Crippen molar-refractivity contribution in [2.24, 2.45) is 11.1 Å². The van der Waals surface area contributed by atoms with Gasteiger partial charge in [0.25, 0.3) is 0 Å². The van der Waals surface area contributed by atoms with Crippen LogP contribution < -0.4 is 5.73 Å². The van der Waals surface area contributed by atoms with E-state index in [-0.39, 0.29) is 18.8 Å². The van der Waals surface area contributed by atoms with Crippen molar-refractivity contribution in [3.05, 3.63) is 35.4 Å². The zero-order valence-electron chi connectivity index (χ0n) is 8.41. The Hall–Kier alpha value is -1.51. The van der Waals surface area contributed by atoms with E-state index in [0.717, 1.165) is 12.1 Å². The van der Waals surface area contributed by atoms with Crippen molar-refractivity contribution in [2.45, 2.75) is 6.04 Å². The van der Waals surface area contributed by atoms with Gasteiger partial charge in [0.2, 0.25) is 0 Å². The number of halogens is 2. The number of benzene rings is 1. The van der Waals surface area contributed by atoms with Gasteiger partial charge in [0.15, 0.2) is 0 Å². The highest BCUT2D eigenvalue weighted by Crippen LogP contribution is 2.39. The lowest BCUT2D eigenvalue weighted by Gasteiger charge is -2.39. The van der Waals surface area contributed by atoms with Crippen molar-refractivity contribution in [1.82, 2.24) is 0 Å². The van der Waals surface area contributed by atoms with Crippen LogP contribution in [0.3, 0.4) is 0 Å². The number of ether oxygens (including phenoxy) is 1. The van der Waals surface area contributed by atoms with E-state index in [2.05, 4.69) is 0 Å². The van der Waals surface area contributed by atoms with Crippen molar-refractivity contribution < 1.29 is 13.5 Å². The van der Waals surface area contributed by atoms with Crippen LogP contribution in [0, 0.1) is 28.4 Å². The summed E-state index contributed by atoms with van der Waals surface area (Å²) in [4.78, 5) is 0. The molecule has 0 amide bonds. The van der Waals surface area contributed by atoms with E-state index in [0.29, 0.717) is 0 Å². The molecule has 0 saturated carbocycles. The fourth-order valence-corrected chi connectivity index (χ4v) is 1.69. The second kappa shape index (κ2) is 3.81. The van der Waals surface area contributed by atoms with Crippen molar-refractivity contribution >= 4 is 0 Å². The zero-order valence-corrected chi connectivity index (χ0v) is 8.41. The molecule has 1 aliphatic heterocycles. The van der Waals surface area contributed by atoms with Crippen molar-refractivity contribution in [3.8, 4) is 6.07 Å². The molecule has 0 radical (unpaired) electrons. The highest BCUT2D eigenvalue weighted by atomic mass is 19.1. The van der Waals surface area contributed by atoms with E-state index < -0.39 is 23.1 Å². The summed E-state index contributed by atoms with van der Waals surface area (Å²) in [7, 11) is 0. The maximum absolute atomic E-state index is 13.5. The fourth-order valence-electron chi connectivity index (χ4n) is 1.69. The maximum Gasteiger partial charge on any atom is 0.130 e. The number of hydrogen-bond acceptors (Lipinski definition) is 3. The summed E-state index contributed by atoms with van der Waals surface area (Å²) in [5.74, 6) is -1.39. The number of rotatable bonds is 2. The Balaban J connectivity index is 2.34. The molecule has 1 aromatic rings. The van der Waals surface area contributed by atoms with Crippen LogP contribution in [-0.4, -0.2) is 13.2 Å². The van der Waals surface area contributed by atoms with Crippen LogP contribution in [0.25, 0.3) is 0 Å². The molecule has 5 heteroatoms. The number of hydrogen-bond donors (Lipinski definition) is 1. The third-order valence-corrected chi connectivity index (χ3v) is 2.83. The first-order valence-electron chi connectivity index (χ1n) is 4.78. The van der Waals surface area contributed by atoms with Gasteiger partial charge in [-0.1, -0.05) is 6.07 Å². The summed E-state index contributed by atoms with van der Waals surface area (Å²) in [5.41, 5.74) is 5.09. The molecule has 1 heterocycles. The van der Waals surface area contributed by atoms with Gasteiger partial charge in [-0.05, 0) is 6.07 Å². The second-order valence-electron chi connectivity index (χ2n) is 3.90. The van der Waals surface area contributed by atoms with E-state index in [9.17, 15) is 8.78 Å². The van der Waals surface area contributed by atoms with Gasteiger partial charge in [-0.3, -0.25) is 0 Å². The first-order valence-corrected chi connectivity index (χ1v) is 4.78. The van der Waals surface area contributed by atoms with E-state index in [1.165, 1.54) is 6.07 Å². The standard InChI is InChI=1S/C11H10F2N2O/c12-7-1-2-8(9(13)3-7)10(15)11(4-14)5-16-6-11/h1-3,10H,5-6,15H2. The Bertz CT molecular complexity index is 452. The summed E-state index contributed by atoms with van der Waals surface area (Å²) in [6, 6.07) is 4.41. The predicted octanol–water partition coefficient (Wildman–Crippen LogP) is 1.50. The monoisotopic (exact) mass is 224 g/mol. The Morgan fingerprint density at radius 2 is 2.12 bits per heavy atom. The zero-order chi connectivity index (χ0) is 11.8. The van der Waals surface area contributed by atoms with Gasteiger partial charge in [0.1, 0.15) is 17.0 Å². The normalized spacial score (nSPS) is 19.6. The van der Waals surface area contributed by atoms with Crippen LogP contribution in [0.1, 0.15) is 11.6 Å². The Kier molecular flexibility index (Phi) is 2.62. The van der Waals surface area contributed by atoms with Crippen LogP contribution in [0.2, 0.25) is 0 Å². The van der Waals surface area contributed by atoms with Crippen LogP contribution in [-0.2, 0) is 4.74 Å². The molecule has 3 nitrogen and oxygen atoms in total.